The number of primary amides is 1. The number of ether oxygens (including phenoxy) is 1. The summed E-state index contributed by atoms with van der Waals surface area (Å²) in [5, 5.41) is 16.8. The molecule has 3 rings (SSSR count). The summed E-state index contributed by atoms with van der Waals surface area (Å²) in [4.78, 5) is 68.4. The number of carboxylic acids is 1. The van der Waals surface area contributed by atoms with Gasteiger partial charge in [0.15, 0.2) is 10.8 Å². The molecule has 2 aliphatic heterocycles. The molecule has 0 radical (unpaired) electrons. The molecule has 3 heterocycles. The zero-order chi connectivity index (χ0) is 26.8. The van der Waals surface area contributed by atoms with Gasteiger partial charge in [0, 0.05) is 16.7 Å². The highest BCUT2D eigenvalue weighted by Gasteiger charge is 2.54. The van der Waals surface area contributed by atoms with Crippen molar-refractivity contribution < 1.29 is 51.8 Å². The second kappa shape index (κ2) is 10.4. The third kappa shape index (κ3) is 5.51. The molecule has 0 aliphatic carbocycles. The lowest BCUT2D eigenvalue weighted by Crippen LogP contribution is -2.71. The van der Waals surface area contributed by atoms with Crippen molar-refractivity contribution in [3.8, 4) is 0 Å². The van der Waals surface area contributed by atoms with Crippen LogP contribution < -0.4 is 16.4 Å². The maximum absolute atomic E-state index is 12.8. The maximum Gasteiger partial charge on any atom is 0.471 e. The number of carbonyl (C=O) groups excluding carboxylic acids is 4. The van der Waals surface area contributed by atoms with Crippen LogP contribution >= 0.6 is 23.1 Å². The molecule has 1 saturated heterocycles. The van der Waals surface area contributed by atoms with E-state index in [-0.39, 0.29) is 17.0 Å². The van der Waals surface area contributed by atoms with E-state index in [1.165, 1.54) is 5.32 Å². The molecule has 1 fully saturated rings. The summed E-state index contributed by atoms with van der Waals surface area (Å²) in [6.45, 7) is -0.445. The van der Waals surface area contributed by atoms with Crippen molar-refractivity contribution in [2.75, 3.05) is 24.8 Å². The molecule has 5 N–H and O–H groups in total. The molecule has 4 amide bonds. The number of rotatable bonds is 8. The fraction of sp³-hybridized carbons (Fsp3) is 0.353. The Morgan fingerprint density at radius 1 is 1.36 bits per heavy atom. The van der Waals surface area contributed by atoms with E-state index in [4.69, 9.17) is 5.73 Å². The number of hydrogen-bond acceptors (Lipinski definition) is 11. The number of carbonyl (C=O) groups is 5. The smallest absolute Gasteiger partial charge is 0.471 e. The summed E-state index contributed by atoms with van der Waals surface area (Å²) in [6.07, 6.45) is -6.29. The molecule has 0 aromatic carbocycles. The van der Waals surface area contributed by atoms with Crippen molar-refractivity contribution in [1.29, 1.82) is 0 Å². The van der Waals surface area contributed by atoms with Crippen LogP contribution in [0.5, 0.6) is 0 Å². The highest BCUT2D eigenvalue weighted by molar-refractivity contribution is 8.00. The largest absolute Gasteiger partial charge is 0.477 e. The molecule has 19 heteroatoms. The average Bonchev–Trinajstić information content (AvgIpc) is 3.25. The molecule has 2 aliphatic rings. The minimum absolute atomic E-state index is 0.0447. The summed E-state index contributed by atoms with van der Waals surface area (Å²) in [7, 11) is 1.08. The van der Waals surface area contributed by atoms with Gasteiger partial charge in [-0.15, -0.1) is 23.1 Å². The molecule has 1 unspecified atom stereocenters. The number of β-lactam (4-membered cyclic amide) rings is 1. The summed E-state index contributed by atoms with van der Waals surface area (Å²) in [6, 6.07) is -1.19. The first-order chi connectivity index (χ1) is 16.8. The van der Waals surface area contributed by atoms with Crippen LogP contribution in [0.2, 0.25) is 0 Å². The van der Waals surface area contributed by atoms with Gasteiger partial charge in [-0.2, -0.15) is 13.2 Å². The topological polar surface area (TPSA) is 203 Å². The first kappa shape index (κ1) is 26.7. The van der Waals surface area contributed by atoms with Crippen molar-refractivity contribution in [1.82, 2.24) is 15.2 Å². The van der Waals surface area contributed by atoms with E-state index in [2.05, 4.69) is 25.0 Å². The molecule has 1 aromatic rings. The van der Waals surface area contributed by atoms with Gasteiger partial charge in [0.05, 0.1) is 0 Å². The lowest BCUT2D eigenvalue weighted by Gasteiger charge is -2.49. The number of amides is 4. The van der Waals surface area contributed by atoms with E-state index in [0.717, 1.165) is 29.2 Å². The molecular formula is C17H15F3N6O8S2. The van der Waals surface area contributed by atoms with E-state index in [9.17, 15) is 42.3 Å². The molecule has 0 spiro atoms. The van der Waals surface area contributed by atoms with Crippen molar-refractivity contribution >= 4 is 63.7 Å². The number of aromatic nitrogens is 1. The Kier molecular flexibility index (Phi) is 7.72. The molecular weight excluding hydrogens is 537 g/mol. The maximum atomic E-state index is 12.8. The number of halogens is 3. The van der Waals surface area contributed by atoms with Gasteiger partial charge in [-0.25, -0.2) is 14.6 Å². The summed E-state index contributed by atoms with van der Waals surface area (Å²) in [5.41, 5.74) is 3.83. The normalized spacial score (nSPS) is 19.7. The highest BCUT2D eigenvalue weighted by Crippen LogP contribution is 2.40. The number of fused-ring (bicyclic) bond motifs is 1. The van der Waals surface area contributed by atoms with Crippen molar-refractivity contribution in [3.63, 3.8) is 0 Å². The Bertz CT molecular complexity index is 1180. The Balaban J connectivity index is 1.74. The van der Waals surface area contributed by atoms with E-state index in [0.29, 0.717) is 11.3 Å². The Labute approximate surface area is 206 Å². The molecule has 36 heavy (non-hydrogen) atoms. The number of thiazole rings is 1. The molecule has 0 bridgehead atoms. The summed E-state index contributed by atoms with van der Waals surface area (Å²) >= 11 is 1.66. The van der Waals surface area contributed by atoms with E-state index in [1.807, 2.05) is 0 Å². The van der Waals surface area contributed by atoms with Crippen LogP contribution in [-0.2, 0) is 28.8 Å². The molecule has 0 saturated carbocycles. The van der Waals surface area contributed by atoms with Crippen LogP contribution in [-0.4, -0.2) is 87.5 Å². The van der Waals surface area contributed by atoms with E-state index >= 15 is 0 Å². The van der Waals surface area contributed by atoms with Gasteiger partial charge in [-0.05, 0) is 0 Å². The second-order valence-electron chi connectivity index (χ2n) is 6.84. The van der Waals surface area contributed by atoms with Crippen LogP contribution in [0.25, 0.3) is 0 Å². The van der Waals surface area contributed by atoms with Gasteiger partial charge in [0.1, 0.15) is 36.5 Å². The zero-order valence-electron chi connectivity index (χ0n) is 17.8. The Hall–Kier alpha value is -3.87. The predicted octanol–water partition coefficient (Wildman–Crippen LogP) is -0.172. The minimum Gasteiger partial charge on any atom is -0.477 e. The van der Waals surface area contributed by atoms with Crippen LogP contribution in [0.3, 0.4) is 0 Å². The minimum atomic E-state index is -5.16. The number of oxime groups is 1. The SMILES string of the molecule is CO/N=C(/C(=O)NC1C(=O)N2C(C(=O)O)=C(COC(N)=O)CS[C@H]12)c1csc(NC(=O)C(F)(F)F)n1. The number of nitrogens with two attached hydrogens (primary N) is 1. The van der Waals surface area contributed by atoms with Crippen LogP contribution in [0, 0.1) is 0 Å². The van der Waals surface area contributed by atoms with Crippen LogP contribution in [0.4, 0.5) is 23.1 Å². The lowest BCUT2D eigenvalue weighted by atomic mass is 10.0. The van der Waals surface area contributed by atoms with Crippen molar-refractivity contribution in [2.45, 2.75) is 17.6 Å². The molecule has 194 valence electrons. The first-order valence-corrected chi connectivity index (χ1v) is 11.4. The van der Waals surface area contributed by atoms with Gasteiger partial charge in [0.2, 0.25) is 0 Å². The average molecular weight is 552 g/mol. The van der Waals surface area contributed by atoms with Gasteiger partial charge in [0.25, 0.3) is 11.8 Å². The summed E-state index contributed by atoms with van der Waals surface area (Å²) < 4.78 is 41.9. The number of anilines is 1. The third-order valence-corrected chi connectivity index (χ3v) is 6.64. The number of thioether (sulfide) groups is 1. The molecule has 14 nitrogen and oxygen atoms in total. The van der Waals surface area contributed by atoms with Crippen LogP contribution in [0.1, 0.15) is 5.69 Å². The standard InChI is InChI=1S/C17H15F3N6O8S2/c1-33-25-7(6-4-36-16(22-6)24-14(31)17(18,19)20)10(27)23-8-11(28)26-9(13(29)30)5(2-34-15(21)32)3-35-12(8)26/h4,8,12H,2-3H2,1H3,(H2,21,32)(H,23,27)(H,29,30)(H,22,24,31)/b25-7+/t8?,12-/m1/s1. The zero-order valence-corrected chi connectivity index (χ0v) is 19.5. The van der Waals surface area contributed by atoms with E-state index < -0.39 is 70.5 Å². The number of hydrogen-bond donors (Lipinski definition) is 4. The second-order valence-corrected chi connectivity index (χ2v) is 8.80. The molecule has 2 atom stereocenters. The monoisotopic (exact) mass is 552 g/mol. The van der Waals surface area contributed by atoms with E-state index in [1.54, 1.807) is 0 Å². The molecule has 1 aromatic heterocycles. The van der Waals surface area contributed by atoms with Gasteiger partial charge in [-0.1, -0.05) is 5.16 Å². The fourth-order valence-electron chi connectivity index (χ4n) is 3.07. The predicted molar refractivity (Wildman–Crippen MR) is 116 cm³/mol. The van der Waals surface area contributed by atoms with Gasteiger partial charge >= 0.3 is 24.1 Å². The number of nitrogens with zero attached hydrogens (tertiary/aromatic N) is 3. The van der Waals surface area contributed by atoms with Gasteiger partial charge < -0.3 is 25.7 Å². The number of carboxylic acid groups (broad SMARTS) is 1. The fourth-order valence-corrected chi connectivity index (χ4v) is 5.08. The van der Waals surface area contributed by atoms with Crippen LogP contribution in [0.15, 0.2) is 21.8 Å². The highest BCUT2D eigenvalue weighted by atomic mass is 32.2. The van der Waals surface area contributed by atoms with Gasteiger partial charge in [-0.3, -0.25) is 24.6 Å². The third-order valence-electron chi connectivity index (χ3n) is 4.55. The van der Waals surface area contributed by atoms with Crippen molar-refractivity contribution in [3.05, 3.63) is 22.3 Å². The quantitative estimate of drug-likeness (QED) is 0.190. The van der Waals surface area contributed by atoms with Crippen molar-refractivity contribution in [2.24, 2.45) is 10.9 Å². The summed E-state index contributed by atoms with van der Waals surface area (Å²) in [5.74, 6) is -5.47. The first-order valence-electron chi connectivity index (χ1n) is 9.43. The Morgan fingerprint density at radius 3 is 2.64 bits per heavy atom. The number of aliphatic carboxylic acids is 1. The number of nitrogens with one attached hydrogen (secondary N) is 2. The number of alkyl halides is 3. The lowest BCUT2D eigenvalue weighted by molar-refractivity contribution is -0.167. The Morgan fingerprint density at radius 2 is 2.06 bits per heavy atom.